The average molecular weight is 617 g/mol. The molecule has 3 aromatic carbocycles. The molecular formula is C31H35Cl2N3O4S. The van der Waals surface area contributed by atoms with Crippen LogP contribution in [-0.2, 0) is 26.2 Å². The number of nitrogens with zero attached hydrogens (tertiary/aromatic N) is 2. The van der Waals surface area contributed by atoms with Gasteiger partial charge < -0.3 is 10.2 Å². The van der Waals surface area contributed by atoms with Gasteiger partial charge in [0.15, 0.2) is 0 Å². The molecule has 3 aromatic rings. The van der Waals surface area contributed by atoms with Crippen molar-refractivity contribution in [1.82, 2.24) is 10.2 Å². The molecule has 0 aliphatic heterocycles. The lowest BCUT2D eigenvalue weighted by atomic mass is 9.95. The number of sulfonamides is 1. The Morgan fingerprint density at radius 3 is 2.05 bits per heavy atom. The number of hydrogen-bond acceptors (Lipinski definition) is 4. The molecule has 10 heteroatoms. The van der Waals surface area contributed by atoms with E-state index in [1.807, 2.05) is 6.92 Å². The monoisotopic (exact) mass is 615 g/mol. The van der Waals surface area contributed by atoms with Gasteiger partial charge in [-0.3, -0.25) is 13.9 Å². The van der Waals surface area contributed by atoms with Gasteiger partial charge in [0.05, 0.1) is 10.6 Å². The summed E-state index contributed by atoms with van der Waals surface area (Å²) < 4.78 is 28.7. The minimum atomic E-state index is -4.12. The molecule has 0 aromatic heterocycles. The van der Waals surface area contributed by atoms with Crippen molar-refractivity contribution < 1.29 is 18.0 Å². The maximum atomic E-state index is 14.1. The Hall–Kier alpha value is -3.07. The molecule has 1 aliphatic carbocycles. The van der Waals surface area contributed by atoms with Crippen LogP contribution in [0, 0.1) is 0 Å². The average Bonchev–Trinajstić information content (AvgIpc) is 2.98. The van der Waals surface area contributed by atoms with Crippen LogP contribution >= 0.6 is 23.2 Å². The Bertz CT molecular complexity index is 1410. The van der Waals surface area contributed by atoms with E-state index in [0.29, 0.717) is 16.5 Å². The molecule has 1 atom stereocenters. The van der Waals surface area contributed by atoms with Crippen molar-refractivity contribution in [3.05, 3.63) is 94.5 Å². The van der Waals surface area contributed by atoms with Crippen molar-refractivity contribution in [3.63, 3.8) is 0 Å². The summed E-state index contributed by atoms with van der Waals surface area (Å²) in [4.78, 5) is 29.2. The second-order valence-corrected chi connectivity index (χ2v) is 13.0. The van der Waals surface area contributed by atoms with Crippen LogP contribution in [0.4, 0.5) is 5.69 Å². The van der Waals surface area contributed by atoms with Gasteiger partial charge in [-0.05, 0) is 73.4 Å². The molecule has 1 fully saturated rings. The number of anilines is 1. The first-order valence-corrected chi connectivity index (χ1v) is 16.1. The summed E-state index contributed by atoms with van der Waals surface area (Å²) in [6.45, 7) is 1.47. The molecule has 4 rings (SSSR count). The van der Waals surface area contributed by atoms with Crippen molar-refractivity contribution >= 4 is 50.7 Å². The molecule has 1 saturated carbocycles. The lowest BCUT2D eigenvalue weighted by Gasteiger charge is -2.34. The molecule has 41 heavy (non-hydrogen) atoms. The van der Waals surface area contributed by atoms with Gasteiger partial charge in [0.25, 0.3) is 10.0 Å². The van der Waals surface area contributed by atoms with Gasteiger partial charge in [-0.2, -0.15) is 0 Å². The Labute approximate surface area is 252 Å². The zero-order chi connectivity index (χ0) is 29.4. The Kier molecular flexibility index (Phi) is 10.7. The maximum Gasteiger partial charge on any atom is 0.264 e. The van der Waals surface area contributed by atoms with E-state index < -0.39 is 28.5 Å². The molecular weight excluding hydrogens is 581 g/mol. The Balaban J connectivity index is 1.68. The van der Waals surface area contributed by atoms with Crippen molar-refractivity contribution in [2.24, 2.45) is 0 Å². The van der Waals surface area contributed by atoms with Gasteiger partial charge in [0.2, 0.25) is 11.8 Å². The number of nitrogens with one attached hydrogen (secondary N) is 1. The molecule has 0 spiro atoms. The topological polar surface area (TPSA) is 86.8 Å². The van der Waals surface area contributed by atoms with Crippen molar-refractivity contribution in [1.29, 1.82) is 0 Å². The molecule has 1 aliphatic rings. The molecule has 2 amide bonds. The number of amides is 2. The largest absolute Gasteiger partial charge is 0.352 e. The molecule has 1 N–H and O–H groups in total. The Morgan fingerprint density at radius 1 is 0.878 bits per heavy atom. The molecule has 218 valence electrons. The minimum Gasteiger partial charge on any atom is -0.352 e. The van der Waals surface area contributed by atoms with Gasteiger partial charge in [-0.25, -0.2) is 8.42 Å². The fraction of sp³-hybridized carbons (Fsp3) is 0.355. The van der Waals surface area contributed by atoms with Crippen LogP contribution in [0.1, 0.15) is 51.0 Å². The first kappa shape index (κ1) is 30.9. The second kappa shape index (κ2) is 14.2. The summed E-state index contributed by atoms with van der Waals surface area (Å²) in [6, 6.07) is 20.6. The third-order valence-corrected chi connectivity index (χ3v) is 9.62. The summed E-state index contributed by atoms with van der Waals surface area (Å²) in [5.74, 6) is -0.731. The number of halogens is 2. The lowest BCUT2D eigenvalue weighted by molar-refractivity contribution is -0.140. The number of hydrogen-bond donors (Lipinski definition) is 1. The van der Waals surface area contributed by atoms with E-state index in [1.165, 1.54) is 17.0 Å². The number of benzene rings is 3. The van der Waals surface area contributed by atoms with Crippen LogP contribution in [0.2, 0.25) is 10.0 Å². The molecule has 0 heterocycles. The number of carbonyl (C=O) groups excluding carboxylic acids is 2. The molecule has 0 saturated heterocycles. The highest BCUT2D eigenvalue weighted by atomic mass is 35.5. The Morgan fingerprint density at radius 2 is 1.46 bits per heavy atom. The van der Waals surface area contributed by atoms with Gasteiger partial charge in [-0.1, -0.05) is 79.7 Å². The lowest BCUT2D eigenvalue weighted by Crippen LogP contribution is -2.54. The third kappa shape index (κ3) is 8.03. The fourth-order valence-corrected chi connectivity index (χ4v) is 6.79. The third-order valence-electron chi connectivity index (χ3n) is 7.33. The molecule has 0 unspecified atom stereocenters. The summed E-state index contributed by atoms with van der Waals surface area (Å²) in [5, 5.41) is 4.14. The van der Waals surface area contributed by atoms with E-state index in [-0.39, 0.29) is 29.1 Å². The quantitative estimate of drug-likeness (QED) is 0.269. The number of rotatable bonds is 11. The van der Waals surface area contributed by atoms with Gasteiger partial charge in [0, 0.05) is 22.6 Å². The molecule has 0 bridgehead atoms. The van der Waals surface area contributed by atoms with Crippen LogP contribution in [-0.4, -0.2) is 43.8 Å². The molecule has 0 radical (unpaired) electrons. The van der Waals surface area contributed by atoms with E-state index in [4.69, 9.17) is 23.2 Å². The standard InChI is InChI=1S/C31H35Cl2N3O4S/c1-2-29(31(38)34-26-9-5-3-6-10-26)35(21-23-13-15-24(32)16-14-23)30(37)22-36(27-19-17-25(33)18-20-27)41(39,40)28-11-7-4-8-12-28/h4,7-8,11-20,26,29H,2-3,5-6,9-10,21-22H2,1H3,(H,34,38)/t29-/m0/s1. The van der Waals surface area contributed by atoms with Crippen LogP contribution in [0.25, 0.3) is 0 Å². The van der Waals surface area contributed by atoms with E-state index in [9.17, 15) is 18.0 Å². The van der Waals surface area contributed by atoms with E-state index in [0.717, 1.165) is 42.0 Å². The highest BCUT2D eigenvalue weighted by Gasteiger charge is 2.34. The van der Waals surface area contributed by atoms with Crippen molar-refractivity contribution in [2.75, 3.05) is 10.8 Å². The summed E-state index contributed by atoms with van der Waals surface area (Å²) >= 11 is 12.2. The highest BCUT2D eigenvalue weighted by molar-refractivity contribution is 7.92. The first-order chi connectivity index (χ1) is 19.7. The predicted octanol–water partition coefficient (Wildman–Crippen LogP) is 6.45. The van der Waals surface area contributed by atoms with Gasteiger partial charge >= 0.3 is 0 Å². The van der Waals surface area contributed by atoms with Crippen LogP contribution in [0.3, 0.4) is 0 Å². The maximum absolute atomic E-state index is 14.1. The minimum absolute atomic E-state index is 0.0501. The summed E-state index contributed by atoms with van der Waals surface area (Å²) in [6.07, 6.45) is 5.45. The van der Waals surface area contributed by atoms with Crippen LogP contribution in [0.15, 0.2) is 83.8 Å². The van der Waals surface area contributed by atoms with E-state index >= 15 is 0 Å². The van der Waals surface area contributed by atoms with Gasteiger partial charge in [0.1, 0.15) is 12.6 Å². The smallest absolute Gasteiger partial charge is 0.264 e. The van der Waals surface area contributed by atoms with Crippen molar-refractivity contribution in [3.8, 4) is 0 Å². The summed E-state index contributed by atoms with van der Waals surface area (Å²) in [7, 11) is -4.12. The highest BCUT2D eigenvalue weighted by Crippen LogP contribution is 2.26. The molecule has 7 nitrogen and oxygen atoms in total. The van der Waals surface area contributed by atoms with Crippen LogP contribution < -0.4 is 9.62 Å². The first-order valence-electron chi connectivity index (χ1n) is 13.9. The fourth-order valence-electron chi connectivity index (χ4n) is 5.11. The zero-order valence-corrected chi connectivity index (χ0v) is 25.3. The summed E-state index contributed by atoms with van der Waals surface area (Å²) in [5.41, 5.74) is 1.06. The van der Waals surface area contributed by atoms with E-state index in [1.54, 1.807) is 66.7 Å². The van der Waals surface area contributed by atoms with Crippen molar-refractivity contribution in [2.45, 2.75) is 69.0 Å². The van der Waals surface area contributed by atoms with Gasteiger partial charge in [-0.15, -0.1) is 0 Å². The SMILES string of the molecule is CC[C@@H](C(=O)NC1CCCCC1)N(Cc1ccc(Cl)cc1)C(=O)CN(c1ccc(Cl)cc1)S(=O)(=O)c1ccccc1. The zero-order valence-electron chi connectivity index (χ0n) is 23.0. The normalized spacial score (nSPS) is 14.7. The van der Waals surface area contributed by atoms with E-state index in [2.05, 4.69) is 5.32 Å². The van der Waals surface area contributed by atoms with Crippen LogP contribution in [0.5, 0.6) is 0 Å². The second-order valence-electron chi connectivity index (χ2n) is 10.2. The number of carbonyl (C=O) groups is 2. The predicted molar refractivity (Wildman–Crippen MR) is 164 cm³/mol.